The molecule has 0 amide bonds. The van der Waals surface area contributed by atoms with Crippen LogP contribution in [0, 0.1) is 0 Å². The summed E-state index contributed by atoms with van der Waals surface area (Å²) < 4.78 is 11.7. The average Bonchev–Trinajstić information content (AvgIpc) is 2.91. The molecule has 39 heavy (non-hydrogen) atoms. The number of aromatic hydroxyl groups is 1. The Bertz CT molecular complexity index is 1490. The number of hydrogen-bond acceptors (Lipinski definition) is 7. The van der Waals surface area contributed by atoms with Crippen molar-refractivity contribution in [3.8, 4) is 17.2 Å². The number of carbonyl (C=O) groups is 1. The lowest BCUT2D eigenvalue weighted by atomic mass is 9.81. The Hall–Kier alpha value is -4.14. The number of anilines is 1. The summed E-state index contributed by atoms with van der Waals surface area (Å²) in [6, 6.07) is 16.9. The Morgan fingerprint density at radius 2 is 1.69 bits per heavy atom. The molecule has 1 aromatic heterocycles. The number of pyridine rings is 1. The third-order valence-corrected chi connectivity index (χ3v) is 7.03. The van der Waals surface area contributed by atoms with Crippen LogP contribution < -0.4 is 24.6 Å². The summed E-state index contributed by atoms with van der Waals surface area (Å²) >= 11 is 13.0. The van der Waals surface area contributed by atoms with E-state index in [1.54, 1.807) is 42.5 Å². The molecule has 4 aromatic rings. The molecule has 3 N–H and O–H groups in total. The van der Waals surface area contributed by atoms with Gasteiger partial charge in [-0.1, -0.05) is 53.5 Å². The molecule has 4 rings (SSSR count). The molecule has 0 aliphatic heterocycles. The summed E-state index contributed by atoms with van der Waals surface area (Å²) in [7, 11) is 3.04. The summed E-state index contributed by atoms with van der Waals surface area (Å²) in [4.78, 5) is 12.4. The molecule has 0 spiro atoms. The van der Waals surface area contributed by atoms with Gasteiger partial charge in [-0.05, 0) is 47.4 Å². The van der Waals surface area contributed by atoms with Gasteiger partial charge in [-0.2, -0.15) is 0 Å². The number of phenols is 1. The van der Waals surface area contributed by atoms with Gasteiger partial charge >= 0.3 is 0 Å². The fourth-order valence-electron chi connectivity index (χ4n) is 4.56. The largest absolute Gasteiger partial charge is 0.545 e. The third kappa shape index (κ3) is 6.30. The molecule has 1 atom stereocenters. The van der Waals surface area contributed by atoms with E-state index >= 15 is 0 Å². The zero-order valence-corrected chi connectivity index (χ0v) is 22.7. The van der Waals surface area contributed by atoms with Gasteiger partial charge < -0.3 is 29.8 Å². The van der Waals surface area contributed by atoms with Crippen LogP contribution in [0.25, 0.3) is 0 Å². The van der Waals surface area contributed by atoms with E-state index in [1.807, 2.05) is 12.1 Å². The molecule has 8 nitrogen and oxygen atoms in total. The van der Waals surface area contributed by atoms with Crippen LogP contribution in [0.5, 0.6) is 17.2 Å². The number of methoxy groups -OCH3 is 2. The maximum absolute atomic E-state index is 12.4. The zero-order valence-electron chi connectivity index (χ0n) is 21.2. The first-order chi connectivity index (χ1) is 18.7. The number of carboxylic acids is 1. The van der Waals surface area contributed by atoms with Gasteiger partial charge in [-0.15, -0.1) is 0 Å². The fourth-order valence-corrected chi connectivity index (χ4v) is 5.17. The monoisotopic (exact) mass is 568 g/mol. The Labute approximate surface area is 235 Å². The maximum atomic E-state index is 12.4. The molecule has 0 saturated carbocycles. The average molecular weight is 569 g/mol. The van der Waals surface area contributed by atoms with E-state index in [-0.39, 0.29) is 34.3 Å². The summed E-state index contributed by atoms with van der Waals surface area (Å²) in [6.07, 6.45) is 2.81. The van der Waals surface area contributed by atoms with Gasteiger partial charge in [0.25, 0.3) is 0 Å². The minimum atomic E-state index is -1.34. The van der Waals surface area contributed by atoms with Crippen molar-refractivity contribution in [1.29, 1.82) is 0 Å². The predicted octanol–water partition coefficient (Wildman–Crippen LogP) is 4.59. The van der Waals surface area contributed by atoms with Crippen molar-refractivity contribution in [1.82, 2.24) is 0 Å². The van der Waals surface area contributed by atoms with Crippen LogP contribution in [0.2, 0.25) is 10.0 Å². The molecule has 10 heteroatoms. The van der Waals surface area contributed by atoms with Crippen LogP contribution in [0.15, 0.2) is 73.1 Å². The van der Waals surface area contributed by atoms with Crippen molar-refractivity contribution < 1.29 is 34.4 Å². The number of carboxylic acid groups (broad SMARTS) is 1. The van der Waals surface area contributed by atoms with Gasteiger partial charge in [0.1, 0.15) is 15.8 Å². The van der Waals surface area contributed by atoms with Crippen LogP contribution in [0.4, 0.5) is 5.69 Å². The van der Waals surface area contributed by atoms with Gasteiger partial charge in [-0.3, -0.25) is 5.21 Å². The van der Waals surface area contributed by atoms with Crippen LogP contribution in [0.1, 0.15) is 38.5 Å². The molecule has 0 radical (unpaired) electrons. The minimum absolute atomic E-state index is 0.00499. The van der Waals surface area contributed by atoms with Crippen molar-refractivity contribution in [2.24, 2.45) is 0 Å². The number of hydrogen-bond donors (Lipinski definition) is 3. The number of nitrogens with one attached hydrogen (secondary N) is 1. The molecule has 202 valence electrons. The van der Waals surface area contributed by atoms with Crippen molar-refractivity contribution in [3.63, 3.8) is 0 Å². The maximum Gasteiger partial charge on any atom is 0.241 e. The third-order valence-electron chi connectivity index (χ3n) is 6.38. The standard InChI is InChI=1S/C29H26Cl2N2O6/c1-38-26-10-9-17(11-27(26)39-2)22(13-23-24(30)15-33(37)16-25(23)31)28-18(5-3-8-21(28)29(35)36)14-32-19-6-4-7-20(34)12-19/h3-12,15-16,22,32H,13-14H2,1-2H3,(H2-,34,35,36,37)/t22-/m0/s1. The summed E-state index contributed by atoms with van der Waals surface area (Å²) in [5.74, 6) is -0.848. The van der Waals surface area contributed by atoms with Crippen LogP contribution in [-0.4, -0.2) is 30.5 Å². The second kappa shape index (κ2) is 12.1. The topological polar surface area (TPSA) is 115 Å². The zero-order chi connectivity index (χ0) is 28.1. The number of halogens is 2. The second-order valence-corrected chi connectivity index (χ2v) is 9.57. The van der Waals surface area contributed by atoms with Crippen molar-refractivity contribution in [2.75, 3.05) is 19.5 Å². The number of carbonyl (C=O) groups excluding carboxylic acids is 1. The number of rotatable bonds is 10. The van der Waals surface area contributed by atoms with Crippen molar-refractivity contribution in [3.05, 3.63) is 111 Å². The van der Waals surface area contributed by atoms with Gasteiger partial charge in [0.05, 0.1) is 20.2 Å². The number of aromatic nitrogens is 1. The SMILES string of the molecule is COc1ccc([C@H](Cc2c(Cl)c[n+](O)cc2Cl)c2c(CNc3cccc(O)c3)cccc2C(=O)[O-])cc1OC. The number of nitrogens with zero attached hydrogens (tertiary/aromatic N) is 1. The smallest absolute Gasteiger partial charge is 0.241 e. The summed E-state index contributed by atoms with van der Waals surface area (Å²) in [5, 5.41) is 35.8. The van der Waals surface area contributed by atoms with Crippen molar-refractivity contribution >= 4 is 34.9 Å². The molecule has 0 aliphatic carbocycles. The number of phenolic OH excluding ortho intramolecular Hbond substituents is 1. The minimum Gasteiger partial charge on any atom is -0.545 e. The highest BCUT2D eigenvalue weighted by molar-refractivity contribution is 6.35. The highest BCUT2D eigenvalue weighted by Gasteiger charge is 2.27. The number of aromatic carboxylic acids is 1. The van der Waals surface area contributed by atoms with Crippen molar-refractivity contribution in [2.45, 2.75) is 18.9 Å². The lowest BCUT2D eigenvalue weighted by molar-refractivity contribution is -0.904. The Morgan fingerprint density at radius 1 is 1.00 bits per heavy atom. The van der Waals surface area contributed by atoms with Crippen LogP contribution in [0.3, 0.4) is 0 Å². The normalized spacial score (nSPS) is 11.6. The Morgan fingerprint density at radius 3 is 2.33 bits per heavy atom. The van der Waals surface area contributed by atoms with E-state index in [4.69, 9.17) is 32.7 Å². The first-order valence-corrected chi connectivity index (χ1v) is 12.6. The summed E-state index contributed by atoms with van der Waals surface area (Å²) in [5.41, 5.74) is 3.07. The molecule has 0 fully saturated rings. The number of ether oxygens (including phenoxy) is 2. The van der Waals surface area contributed by atoms with E-state index in [0.29, 0.717) is 39.4 Å². The van der Waals surface area contributed by atoms with E-state index in [2.05, 4.69) is 5.32 Å². The molecule has 1 heterocycles. The highest BCUT2D eigenvalue weighted by Crippen LogP contribution is 2.40. The molecule has 0 saturated heterocycles. The molecular weight excluding hydrogens is 543 g/mol. The molecule has 0 aliphatic rings. The number of benzene rings is 3. The highest BCUT2D eigenvalue weighted by atomic mass is 35.5. The summed E-state index contributed by atoms with van der Waals surface area (Å²) in [6.45, 7) is 0.247. The molecule has 3 aromatic carbocycles. The van der Waals surface area contributed by atoms with Crippen LogP contribution >= 0.6 is 23.2 Å². The lowest BCUT2D eigenvalue weighted by Gasteiger charge is -2.26. The molecule has 0 unspecified atom stereocenters. The first kappa shape index (κ1) is 27.9. The predicted molar refractivity (Wildman–Crippen MR) is 145 cm³/mol. The van der Waals surface area contributed by atoms with E-state index < -0.39 is 11.9 Å². The molecular formula is C29H26Cl2N2O6. The van der Waals surface area contributed by atoms with Gasteiger partial charge in [0.2, 0.25) is 12.4 Å². The Balaban J connectivity index is 1.90. The second-order valence-electron chi connectivity index (χ2n) is 8.75. The molecule has 0 bridgehead atoms. The van der Waals surface area contributed by atoms with E-state index in [9.17, 15) is 20.2 Å². The van der Waals surface area contributed by atoms with E-state index in [0.717, 1.165) is 4.73 Å². The Kier molecular flexibility index (Phi) is 8.69. The van der Waals surface area contributed by atoms with Gasteiger partial charge in [0.15, 0.2) is 11.5 Å². The first-order valence-electron chi connectivity index (χ1n) is 11.9. The lowest BCUT2D eigenvalue weighted by Crippen LogP contribution is -2.29. The fraction of sp³-hybridized carbons (Fsp3) is 0.172. The van der Waals surface area contributed by atoms with Gasteiger partial charge in [0, 0.05) is 40.1 Å². The van der Waals surface area contributed by atoms with Gasteiger partial charge in [-0.25, -0.2) is 0 Å². The van der Waals surface area contributed by atoms with Crippen LogP contribution in [-0.2, 0) is 13.0 Å². The quantitative estimate of drug-likeness (QED) is 0.189. The van der Waals surface area contributed by atoms with E-state index in [1.165, 1.54) is 32.7 Å².